The fourth-order valence-electron chi connectivity index (χ4n) is 4.15. The number of allylic oxidation sites excluding steroid dienone is 1. The van der Waals surface area contributed by atoms with Crippen molar-refractivity contribution in [3.8, 4) is 0 Å². The summed E-state index contributed by atoms with van der Waals surface area (Å²) in [5, 5.41) is 7.48. The van der Waals surface area contributed by atoms with Gasteiger partial charge in [-0.2, -0.15) is 8.78 Å². The van der Waals surface area contributed by atoms with Crippen LogP contribution in [0.2, 0.25) is 0 Å². The van der Waals surface area contributed by atoms with Gasteiger partial charge in [0.25, 0.3) is 5.92 Å². The summed E-state index contributed by atoms with van der Waals surface area (Å²) in [7, 11) is 0. The number of alkyl halides is 6. The molecule has 36 heavy (non-hydrogen) atoms. The average Bonchev–Trinajstić information content (AvgIpc) is 3.28. The summed E-state index contributed by atoms with van der Waals surface area (Å²) in [6.07, 6.45) is 2.49. The van der Waals surface area contributed by atoms with Crippen LogP contribution in [0.5, 0.6) is 0 Å². The standard InChI is InChI=1S/C24H33F6N5S/c1-4-5-19(32-16-6-10-23(27,28)11-7-16)35-21(33-17-8-12-24(29,30)13-9-17)31-15(2)18-14-36-20(34-18)22(3,25)26/h5,14,16-17,32H,4,6-13H2,1-3H3,(H,33,35)/b19-5+,31-15?. The van der Waals surface area contributed by atoms with E-state index in [1.807, 2.05) is 13.0 Å². The van der Waals surface area contributed by atoms with Gasteiger partial charge in [-0.3, -0.25) is 0 Å². The number of hydrogen-bond donors (Lipinski definition) is 2. The Morgan fingerprint density at radius 1 is 1.11 bits per heavy atom. The second kappa shape index (κ2) is 11.5. The maximum absolute atomic E-state index is 13.6. The minimum absolute atomic E-state index is 0.133. The van der Waals surface area contributed by atoms with Crippen LogP contribution >= 0.6 is 11.3 Å². The number of aliphatic imine (C=N–C) groups is 2. The van der Waals surface area contributed by atoms with E-state index in [1.54, 1.807) is 6.92 Å². The first-order valence-corrected chi connectivity index (χ1v) is 13.1. The predicted octanol–water partition coefficient (Wildman–Crippen LogP) is 7.01. The minimum atomic E-state index is -3.08. The third-order valence-corrected chi connectivity index (χ3v) is 7.26. The van der Waals surface area contributed by atoms with Gasteiger partial charge in [-0.05, 0) is 45.1 Å². The Morgan fingerprint density at radius 2 is 1.69 bits per heavy atom. The lowest BCUT2D eigenvalue weighted by Gasteiger charge is -2.30. The zero-order valence-corrected chi connectivity index (χ0v) is 21.5. The molecule has 0 unspecified atom stereocenters. The molecule has 12 heteroatoms. The van der Waals surface area contributed by atoms with E-state index in [2.05, 4.69) is 25.6 Å². The topological polar surface area (TPSA) is 61.7 Å². The highest BCUT2D eigenvalue weighted by Gasteiger charge is 2.36. The van der Waals surface area contributed by atoms with Crippen LogP contribution in [0, 0.1) is 0 Å². The van der Waals surface area contributed by atoms with Crippen molar-refractivity contribution in [2.75, 3.05) is 0 Å². The second-order valence-corrected chi connectivity index (χ2v) is 10.4. The van der Waals surface area contributed by atoms with E-state index in [0.29, 0.717) is 30.8 Å². The van der Waals surface area contributed by atoms with Crippen LogP contribution in [-0.2, 0) is 5.92 Å². The van der Waals surface area contributed by atoms with Crippen LogP contribution in [0.3, 0.4) is 0 Å². The summed E-state index contributed by atoms with van der Waals surface area (Å²) in [4.78, 5) is 13.0. The van der Waals surface area contributed by atoms with E-state index in [0.717, 1.165) is 18.3 Å². The van der Waals surface area contributed by atoms with E-state index in [9.17, 15) is 26.3 Å². The zero-order chi connectivity index (χ0) is 26.6. The third-order valence-electron chi connectivity index (χ3n) is 6.25. The lowest BCUT2D eigenvalue weighted by atomic mass is 9.92. The third kappa shape index (κ3) is 8.48. The molecule has 2 aliphatic carbocycles. The Bertz CT molecular complexity index is 962. The highest BCUT2D eigenvalue weighted by molar-refractivity contribution is 7.10. The first kappa shape index (κ1) is 28.5. The molecule has 0 aliphatic heterocycles. The Balaban J connectivity index is 1.82. The lowest BCUT2D eigenvalue weighted by molar-refractivity contribution is -0.0398. The van der Waals surface area contributed by atoms with E-state index in [-0.39, 0.29) is 67.3 Å². The summed E-state index contributed by atoms with van der Waals surface area (Å²) in [5.74, 6) is -7.78. The second-order valence-electron chi connectivity index (χ2n) is 9.59. The van der Waals surface area contributed by atoms with E-state index in [4.69, 9.17) is 0 Å². The molecule has 0 aromatic carbocycles. The number of nitrogens with zero attached hydrogens (tertiary/aromatic N) is 3. The van der Waals surface area contributed by atoms with Crippen LogP contribution in [0.1, 0.15) is 89.3 Å². The van der Waals surface area contributed by atoms with E-state index < -0.39 is 17.8 Å². The largest absolute Gasteiger partial charge is 0.369 e. The van der Waals surface area contributed by atoms with Gasteiger partial charge in [0.05, 0.1) is 17.4 Å². The van der Waals surface area contributed by atoms with Crippen LogP contribution in [0.15, 0.2) is 27.3 Å². The first-order valence-electron chi connectivity index (χ1n) is 12.2. The van der Waals surface area contributed by atoms with Crippen LogP contribution < -0.4 is 10.6 Å². The van der Waals surface area contributed by atoms with Gasteiger partial charge < -0.3 is 10.6 Å². The van der Waals surface area contributed by atoms with E-state index >= 15 is 0 Å². The summed E-state index contributed by atoms with van der Waals surface area (Å²) in [6, 6.07) is -0.548. The Labute approximate surface area is 211 Å². The molecular weight excluding hydrogens is 504 g/mol. The number of rotatable bonds is 7. The van der Waals surface area contributed by atoms with Gasteiger partial charge in [0, 0.05) is 44.0 Å². The SMILES string of the molecule is CC/C=C(/NC(=NC1CCC(F)(F)CC1)N=C(C)c1csc(C(C)(F)F)n1)NC1CCC(F)(F)CC1. The highest BCUT2D eigenvalue weighted by Crippen LogP contribution is 2.35. The zero-order valence-electron chi connectivity index (χ0n) is 20.7. The predicted molar refractivity (Wildman–Crippen MR) is 130 cm³/mol. The van der Waals surface area contributed by atoms with Crippen molar-refractivity contribution in [2.24, 2.45) is 9.98 Å². The molecule has 2 N–H and O–H groups in total. The molecule has 1 heterocycles. The summed E-state index contributed by atoms with van der Waals surface area (Å²) >= 11 is 0.822. The molecule has 2 aliphatic rings. The average molecular weight is 538 g/mol. The van der Waals surface area contributed by atoms with Gasteiger partial charge in [0.1, 0.15) is 5.82 Å². The van der Waals surface area contributed by atoms with Crippen LogP contribution in [0.25, 0.3) is 0 Å². The highest BCUT2D eigenvalue weighted by atomic mass is 32.1. The number of halogens is 6. The van der Waals surface area contributed by atoms with Crippen molar-refractivity contribution in [1.29, 1.82) is 0 Å². The number of guanidine groups is 1. The van der Waals surface area contributed by atoms with Gasteiger partial charge in [-0.25, -0.2) is 32.5 Å². The molecule has 0 radical (unpaired) electrons. The van der Waals surface area contributed by atoms with E-state index in [1.165, 1.54) is 5.38 Å². The number of thiazole rings is 1. The molecule has 1 aromatic rings. The molecule has 0 spiro atoms. The molecule has 0 saturated heterocycles. The Morgan fingerprint density at radius 3 is 2.22 bits per heavy atom. The molecular formula is C24H33F6N5S. The van der Waals surface area contributed by atoms with Gasteiger partial charge in [0.2, 0.25) is 17.8 Å². The molecule has 2 saturated carbocycles. The summed E-state index contributed by atoms with van der Waals surface area (Å²) in [6.45, 7) is 4.29. The molecule has 1 aromatic heterocycles. The maximum Gasteiger partial charge on any atom is 0.296 e. The summed E-state index contributed by atoms with van der Waals surface area (Å²) < 4.78 is 81.7. The van der Waals surface area contributed by atoms with Gasteiger partial charge in [-0.1, -0.05) is 6.92 Å². The Hall–Kier alpha value is -2.11. The fraction of sp³-hybridized carbons (Fsp3) is 0.708. The van der Waals surface area contributed by atoms with Crippen molar-refractivity contribution in [2.45, 2.75) is 108 Å². The lowest BCUT2D eigenvalue weighted by Crippen LogP contribution is -2.41. The number of nitrogens with one attached hydrogen (secondary N) is 2. The van der Waals surface area contributed by atoms with Crippen molar-refractivity contribution in [1.82, 2.24) is 15.6 Å². The molecule has 202 valence electrons. The normalized spacial score (nSPS) is 22.5. The smallest absolute Gasteiger partial charge is 0.296 e. The monoisotopic (exact) mass is 537 g/mol. The molecule has 0 amide bonds. The molecule has 0 bridgehead atoms. The van der Waals surface area contributed by atoms with Crippen LogP contribution in [-0.4, -0.2) is 40.6 Å². The quantitative estimate of drug-likeness (QED) is 0.224. The van der Waals surface area contributed by atoms with Gasteiger partial charge in [-0.15, -0.1) is 11.3 Å². The number of hydrogen-bond acceptors (Lipinski definition) is 4. The van der Waals surface area contributed by atoms with Crippen LogP contribution in [0.4, 0.5) is 26.3 Å². The van der Waals surface area contributed by atoms with Crippen molar-refractivity contribution in [3.63, 3.8) is 0 Å². The van der Waals surface area contributed by atoms with Crippen molar-refractivity contribution >= 4 is 23.0 Å². The fourth-order valence-corrected chi connectivity index (χ4v) is 4.95. The molecule has 5 nitrogen and oxygen atoms in total. The molecule has 3 rings (SSSR count). The van der Waals surface area contributed by atoms with Gasteiger partial charge >= 0.3 is 0 Å². The van der Waals surface area contributed by atoms with Gasteiger partial charge in [0.15, 0.2) is 5.01 Å². The first-order chi connectivity index (χ1) is 16.8. The number of aromatic nitrogens is 1. The molecule has 0 atom stereocenters. The molecule has 2 fully saturated rings. The summed E-state index contributed by atoms with van der Waals surface area (Å²) in [5.41, 5.74) is 0.604. The Kier molecular flexibility index (Phi) is 9.11. The maximum atomic E-state index is 13.6. The minimum Gasteiger partial charge on any atom is -0.369 e. The van der Waals surface area contributed by atoms with Crippen molar-refractivity contribution in [3.05, 3.63) is 28.0 Å². The van der Waals surface area contributed by atoms with Crippen molar-refractivity contribution < 1.29 is 26.3 Å².